The molecule has 1 amide bonds. The highest BCUT2D eigenvalue weighted by molar-refractivity contribution is 6.42. The molecular weight excluding hydrogens is 523 g/mol. The summed E-state index contributed by atoms with van der Waals surface area (Å²) in [6.45, 7) is 6.92. The van der Waals surface area contributed by atoms with Gasteiger partial charge in [0.1, 0.15) is 16.3 Å². The van der Waals surface area contributed by atoms with Gasteiger partial charge in [0.05, 0.1) is 10.6 Å². The number of pyridine rings is 2. The first kappa shape index (κ1) is 28.3. The van der Waals surface area contributed by atoms with Crippen molar-refractivity contribution in [3.05, 3.63) is 50.3 Å². The molecule has 0 fully saturated rings. The van der Waals surface area contributed by atoms with E-state index in [1.807, 2.05) is 20.8 Å². The van der Waals surface area contributed by atoms with Gasteiger partial charge in [0.25, 0.3) is 5.91 Å². The van der Waals surface area contributed by atoms with E-state index < -0.39 is 24.1 Å². The molecule has 0 aromatic carbocycles. The van der Waals surface area contributed by atoms with E-state index in [0.29, 0.717) is 6.42 Å². The minimum Gasteiger partial charge on any atom is -0.479 e. The lowest BCUT2D eigenvalue weighted by molar-refractivity contribution is -0.139. The van der Waals surface area contributed by atoms with Crippen molar-refractivity contribution in [2.45, 2.75) is 39.7 Å². The van der Waals surface area contributed by atoms with Crippen LogP contribution in [0.5, 0.6) is 5.88 Å². The van der Waals surface area contributed by atoms with Crippen LogP contribution in [0.15, 0.2) is 23.3 Å². The molecule has 3 rings (SSSR count). The van der Waals surface area contributed by atoms with Crippen molar-refractivity contribution >= 4 is 58.5 Å². The number of aryl methyl sites for hydroxylation is 1. The second-order valence-electron chi connectivity index (χ2n) is 7.85. The molecule has 3 N–H and O–H groups in total. The number of amides is 1. The second-order valence-corrected chi connectivity index (χ2v) is 9.02. The van der Waals surface area contributed by atoms with Gasteiger partial charge in [-0.2, -0.15) is 4.98 Å². The first-order valence-corrected chi connectivity index (χ1v) is 11.4. The zero-order valence-electron chi connectivity index (χ0n) is 19.2. The fraction of sp³-hybridized carbons (Fsp3) is 0.364. The molecule has 0 bridgehead atoms. The maximum Gasteiger partial charge on any atom is 0.341 e. The number of aromatic nitrogens is 2. The van der Waals surface area contributed by atoms with Gasteiger partial charge in [0.2, 0.25) is 5.88 Å². The van der Waals surface area contributed by atoms with Gasteiger partial charge in [-0.25, -0.2) is 14.6 Å². The molecule has 3 heterocycles. The zero-order chi connectivity index (χ0) is 26.5. The molecule has 1 aliphatic rings. The summed E-state index contributed by atoms with van der Waals surface area (Å²) in [4.78, 5) is 46.0. The van der Waals surface area contributed by atoms with Crippen LogP contribution in [-0.4, -0.2) is 56.0 Å². The Morgan fingerprint density at radius 2 is 1.83 bits per heavy atom. The van der Waals surface area contributed by atoms with Crippen molar-refractivity contribution in [1.29, 1.82) is 0 Å². The molecule has 0 radical (unpaired) electrons. The average molecular weight is 546 g/mol. The van der Waals surface area contributed by atoms with E-state index in [9.17, 15) is 19.5 Å². The van der Waals surface area contributed by atoms with Gasteiger partial charge in [0, 0.05) is 6.20 Å². The standard InChI is InChI=1S/C15H19N3O3.C7H4Cl3NO3/c1-5-9-6-10(13(19)20)11(16-7-9)12-17-14(21)15(4,18-12)8(2)3;8-3-1-4(9)7(11-6(3)10)14-2-5(12)13/h6-8H,5H2,1-4H3,(H,19,20)(H,17,18,21);1H,2H2,(H,12,13). The monoisotopic (exact) mass is 544 g/mol. The Balaban J connectivity index is 0.000000269. The molecule has 35 heavy (non-hydrogen) atoms. The predicted octanol–water partition coefficient (Wildman–Crippen LogP) is 4.14. The first-order chi connectivity index (χ1) is 16.3. The number of nitrogens with zero attached hydrogens (tertiary/aromatic N) is 3. The molecule has 0 saturated heterocycles. The first-order valence-electron chi connectivity index (χ1n) is 10.3. The third-order valence-corrected chi connectivity index (χ3v) is 6.10. The van der Waals surface area contributed by atoms with Crippen molar-refractivity contribution in [3.8, 4) is 5.88 Å². The van der Waals surface area contributed by atoms with Gasteiger partial charge in [-0.3, -0.25) is 9.78 Å². The van der Waals surface area contributed by atoms with E-state index in [1.165, 1.54) is 6.07 Å². The highest BCUT2D eigenvalue weighted by Crippen LogP contribution is 2.30. The van der Waals surface area contributed by atoms with Crippen molar-refractivity contribution in [3.63, 3.8) is 0 Å². The van der Waals surface area contributed by atoms with Crippen LogP contribution in [0.1, 0.15) is 49.3 Å². The fourth-order valence-corrected chi connectivity index (χ4v) is 3.31. The summed E-state index contributed by atoms with van der Waals surface area (Å²) < 4.78 is 4.75. The third-order valence-electron chi connectivity index (χ3n) is 5.15. The maximum absolute atomic E-state index is 12.1. The number of carboxylic acid groups (broad SMARTS) is 2. The number of hydrogen-bond donors (Lipinski definition) is 3. The molecular formula is C22H23Cl3N4O6. The van der Waals surface area contributed by atoms with Gasteiger partial charge in [0.15, 0.2) is 17.6 Å². The molecule has 13 heteroatoms. The van der Waals surface area contributed by atoms with Crippen molar-refractivity contribution in [2.75, 3.05) is 6.61 Å². The molecule has 0 saturated carbocycles. The van der Waals surface area contributed by atoms with Crippen molar-refractivity contribution in [1.82, 2.24) is 15.3 Å². The van der Waals surface area contributed by atoms with Gasteiger partial charge in [-0.15, -0.1) is 0 Å². The highest BCUT2D eigenvalue weighted by atomic mass is 35.5. The number of ether oxygens (including phenoxy) is 1. The van der Waals surface area contributed by atoms with Crippen LogP contribution in [0.2, 0.25) is 15.2 Å². The molecule has 2 aromatic rings. The number of amidine groups is 1. The number of halogens is 3. The fourth-order valence-electron chi connectivity index (χ4n) is 2.76. The van der Waals surface area contributed by atoms with Crippen LogP contribution in [0.3, 0.4) is 0 Å². The number of aromatic carboxylic acids is 1. The van der Waals surface area contributed by atoms with Crippen molar-refractivity contribution < 1.29 is 29.3 Å². The molecule has 188 valence electrons. The number of carboxylic acids is 2. The van der Waals surface area contributed by atoms with E-state index in [2.05, 4.69) is 20.3 Å². The lowest BCUT2D eigenvalue weighted by Crippen LogP contribution is -2.41. The summed E-state index contributed by atoms with van der Waals surface area (Å²) in [5.74, 6) is -2.26. The molecule has 1 aliphatic heterocycles. The number of carbonyl (C=O) groups excluding carboxylic acids is 1. The number of nitrogens with one attached hydrogen (secondary N) is 1. The molecule has 2 aromatic heterocycles. The van der Waals surface area contributed by atoms with Crippen LogP contribution in [0, 0.1) is 5.92 Å². The molecule has 0 aliphatic carbocycles. The lowest BCUT2D eigenvalue weighted by atomic mass is 9.89. The molecule has 10 nitrogen and oxygen atoms in total. The van der Waals surface area contributed by atoms with E-state index in [0.717, 1.165) is 5.56 Å². The molecule has 0 spiro atoms. The Bertz CT molecular complexity index is 1190. The maximum atomic E-state index is 12.1. The Kier molecular flexibility index (Phi) is 9.42. The summed E-state index contributed by atoms with van der Waals surface area (Å²) in [7, 11) is 0. The summed E-state index contributed by atoms with van der Waals surface area (Å²) in [5, 5.41) is 20.6. The van der Waals surface area contributed by atoms with Gasteiger partial charge < -0.3 is 20.3 Å². The Labute approximate surface area is 216 Å². The summed E-state index contributed by atoms with van der Waals surface area (Å²) in [6, 6.07) is 2.90. The number of aliphatic imine (C=N–C) groups is 1. The lowest BCUT2D eigenvalue weighted by Gasteiger charge is -2.21. The Morgan fingerprint density at radius 3 is 2.34 bits per heavy atom. The summed E-state index contributed by atoms with van der Waals surface area (Å²) in [5.41, 5.74) is 0.197. The number of rotatable bonds is 7. The second kappa shape index (κ2) is 11.7. The van der Waals surface area contributed by atoms with Gasteiger partial charge in [-0.1, -0.05) is 55.6 Å². The largest absolute Gasteiger partial charge is 0.479 e. The third kappa shape index (κ3) is 6.81. The Hall–Kier alpha value is -2.95. The average Bonchev–Trinajstić information content (AvgIpc) is 3.10. The van der Waals surface area contributed by atoms with Crippen LogP contribution >= 0.6 is 34.8 Å². The van der Waals surface area contributed by atoms with Gasteiger partial charge >= 0.3 is 11.9 Å². The molecule has 1 unspecified atom stereocenters. The summed E-state index contributed by atoms with van der Waals surface area (Å²) >= 11 is 16.8. The SMILES string of the molecule is CCc1cnc(C2=NC(C)(C(C)C)C(=O)N2)c(C(=O)O)c1.O=C(O)COc1nc(Cl)c(Cl)cc1Cl. The van der Waals surface area contributed by atoms with E-state index in [-0.39, 0.29) is 50.0 Å². The number of carbonyl (C=O) groups is 3. The minimum absolute atomic E-state index is 0.00167. The van der Waals surface area contributed by atoms with E-state index in [1.54, 1.807) is 19.2 Å². The quantitative estimate of drug-likeness (QED) is 0.439. The topological polar surface area (TPSA) is 151 Å². The van der Waals surface area contributed by atoms with Crippen LogP contribution in [-0.2, 0) is 16.0 Å². The Morgan fingerprint density at radius 1 is 1.17 bits per heavy atom. The highest BCUT2D eigenvalue weighted by Gasteiger charge is 2.43. The van der Waals surface area contributed by atoms with Crippen LogP contribution in [0.4, 0.5) is 0 Å². The van der Waals surface area contributed by atoms with Gasteiger partial charge in [-0.05, 0) is 37.0 Å². The minimum atomic E-state index is -1.13. The number of aliphatic carboxylic acids is 1. The normalized spacial score (nSPS) is 16.8. The zero-order valence-corrected chi connectivity index (χ0v) is 21.5. The number of hydrogen-bond acceptors (Lipinski definition) is 7. The predicted molar refractivity (Wildman–Crippen MR) is 131 cm³/mol. The summed E-state index contributed by atoms with van der Waals surface area (Å²) in [6.07, 6.45) is 2.30. The van der Waals surface area contributed by atoms with Crippen molar-refractivity contribution in [2.24, 2.45) is 10.9 Å². The molecule has 1 atom stereocenters. The van der Waals surface area contributed by atoms with E-state index in [4.69, 9.17) is 44.6 Å². The van der Waals surface area contributed by atoms with Crippen LogP contribution in [0.25, 0.3) is 0 Å². The van der Waals surface area contributed by atoms with Crippen LogP contribution < -0.4 is 10.1 Å². The smallest absolute Gasteiger partial charge is 0.341 e. The van der Waals surface area contributed by atoms with E-state index >= 15 is 0 Å².